The summed E-state index contributed by atoms with van der Waals surface area (Å²) < 4.78 is 32.8. The van der Waals surface area contributed by atoms with Crippen molar-refractivity contribution in [2.24, 2.45) is 0 Å². The molecule has 30 heavy (non-hydrogen) atoms. The van der Waals surface area contributed by atoms with Crippen LogP contribution in [-0.4, -0.2) is 31.2 Å². The quantitative estimate of drug-likeness (QED) is 0.513. The Labute approximate surface area is 175 Å². The molecule has 2 heterocycles. The number of rotatable bonds is 4. The first kappa shape index (κ1) is 19.6. The number of methoxy groups -OCH3 is 1. The third kappa shape index (κ3) is 4.29. The molecule has 0 saturated carbocycles. The lowest BCUT2D eigenvalue weighted by Gasteiger charge is -2.09. The summed E-state index contributed by atoms with van der Waals surface area (Å²) in [4.78, 5) is 4.48. The lowest BCUT2D eigenvalue weighted by atomic mass is 10.1. The van der Waals surface area contributed by atoms with Gasteiger partial charge in [-0.1, -0.05) is 42.3 Å². The highest BCUT2D eigenvalue weighted by Crippen LogP contribution is 2.27. The molecule has 0 fully saturated rings. The monoisotopic (exact) mass is 417 g/mol. The molecule has 6 nitrogen and oxygen atoms in total. The van der Waals surface area contributed by atoms with Gasteiger partial charge in [-0.05, 0) is 41.3 Å². The maximum Gasteiger partial charge on any atom is 0.229 e. The number of nitrogens with one attached hydrogen (secondary N) is 1. The van der Waals surface area contributed by atoms with Gasteiger partial charge in [0, 0.05) is 17.3 Å². The fourth-order valence-electron chi connectivity index (χ4n) is 3.12. The van der Waals surface area contributed by atoms with E-state index in [1.807, 2.05) is 52.9 Å². The van der Waals surface area contributed by atoms with E-state index in [2.05, 4.69) is 21.5 Å². The number of ether oxygens (including phenoxy) is 1. The van der Waals surface area contributed by atoms with Gasteiger partial charge in [0.2, 0.25) is 15.9 Å². The minimum atomic E-state index is -3.35. The third-order valence-electron chi connectivity index (χ3n) is 4.39. The lowest BCUT2D eigenvalue weighted by molar-refractivity contribution is 0.392. The highest BCUT2D eigenvalue weighted by atomic mass is 32.2. The van der Waals surface area contributed by atoms with E-state index in [0.29, 0.717) is 22.8 Å². The summed E-state index contributed by atoms with van der Waals surface area (Å²) in [5.74, 6) is 6.79. The maximum atomic E-state index is 11.4. The van der Waals surface area contributed by atoms with Crippen LogP contribution in [0, 0.1) is 11.8 Å². The van der Waals surface area contributed by atoms with Crippen LogP contribution in [0.4, 0.5) is 5.69 Å². The standard InChI is InChI=1S/C23H19N3O3S/c1-29-23-15-19(18-8-4-3-5-9-18)14-22-24-16-21(26(22)23)12-11-17-7-6-10-20(13-17)25-30(2,27)28/h3-10,13-16,25H,1-2H3. The van der Waals surface area contributed by atoms with Crippen molar-refractivity contribution in [2.45, 2.75) is 0 Å². The first-order valence-corrected chi connectivity index (χ1v) is 11.0. The molecule has 0 bridgehead atoms. The summed E-state index contributed by atoms with van der Waals surface area (Å²) in [6.07, 6.45) is 2.80. The number of anilines is 1. The molecule has 0 aliphatic heterocycles. The minimum absolute atomic E-state index is 0.465. The predicted molar refractivity (Wildman–Crippen MR) is 118 cm³/mol. The summed E-state index contributed by atoms with van der Waals surface area (Å²) in [5, 5.41) is 0. The van der Waals surface area contributed by atoms with Crippen molar-refractivity contribution in [3.8, 4) is 28.8 Å². The van der Waals surface area contributed by atoms with E-state index < -0.39 is 10.0 Å². The van der Waals surface area contributed by atoms with Crippen molar-refractivity contribution in [2.75, 3.05) is 18.1 Å². The SMILES string of the molecule is COc1cc(-c2ccccc2)cc2ncc(C#Cc3cccc(NS(C)(=O)=O)c3)n12. The highest BCUT2D eigenvalue weighted by molar-refractivity contribution is 7.92. The van der Waals surface area contributed by atoms with Crippen LogP contribution >= 0.6 is 0 Å². The smallest absolute Gasteiger partial charge is 0.229 e. The van der Waals surface area contributed by atoms with Crippen LogP contribution in [0.3, 0.4) is 0 Å². The molecule has 4 rings (SSSR count). The minimum Gasteiger partial charge on any atom is -0.482 e. The number of fused-ring (bicyclic) bond motifs is 1. The van der Waals surface area contributed by atoms with Crippen LogP contribution in [0.2, 0.25) is 0 Å². The van der Waals surface area contributed by atoms with Crippen LogP contribution < -0.4 is 9.46 Å². The molecule has 1 N–H and O–H groups in total. The lowest BCUT2D eigenvalue weighted by Crippen LogP contribution is -2.09. The average Bonchev–Trinajstić information content (AvgIpc) is 3.14. The fourth-order valence-corrected chi connectivity index (χ4v) is 3.68. The van der Waals surface area contributed by atoms with Gasteiger partial charge in [-0.2, -0.15) is 0 Å². The molecule has 0 saturated heterocycles. The normalized spacial score (nSPS) is 11.0. The number of nitrogens with zero attached hydrogens (tertiary/aromatic N) is 2. The molecule has 0 aliphatic rings. The van der Waals surface area contributed by atoms with Crippen LogP contribution in [0.15, 0.2) is 72.9 Å². The molecule has 7 heteroatoms. The van der Waals surface area contributed by atoms with Gasteiger partial charge in [0.1, 0.15) is 11.3 Å². The van der Waals surface area contributed by atoms with Crippen molar-refractivity contribution >= 4 is 21.4 Å². The van der Waals surface area contributed by atoms with Gasteiger partial charge in [0.05, 0.1) is 19.6 Å². The van der Waals surface area contributed by atoms with Gasteiger partial charge < -0.3 is 4.74 Å². The first-order chi connectivity index (χ1) is 14.4. The average molecular weight is 417 g/mol. The van der Waals surface area contributed by atoms with Crippen molar-refractivity contribution < 1.29 is 13.2 Å². The Bertz CT molecular complexity index is 1380. The van der Waals surface area contributed by atoms with E-state index in [0.717, 1.165) is 23.0 Å². The Morgan fingerprint density at radius 3 is 2.50 bits per heavy atom. The summed E-state index contributed by atoms with van der Waals surface area (Å²) in [7, 11) is -1.73. The molecule has 4 aromatic rings. The van der Waals surface area contributed by atoms with Crippen LogP contribution in [-0.2, 0) is 10.0 Å². The zero-order valence-corrected chi connectivity index (χ0v) is 17.3. The van der Waals surface area contributed by atoms with Crippen molar-refractivity contribution in [1.82, 2.24) is 9.38 Å². The number of sulfonamides is 1. The van der Waals surface area contributed by atoms with Crippen molar-refractivity contribution in [3.63, 3.8) is 0 Å². The molecule has 0 radical (unpaired) electrons. The van der Waals surface area contributed by atoms with Crippen LogP contribution in [0.1, 0.15) is 11.3 Å². The van der Waals surface area contributed by atoms with Crippen LogP contribution in [0.5, 0.6) is 5.88 Å². The molecule has 0 amide bonds. The second-order valence-electron chi connectivity index (χ2n) is 6.69. The zero-order valence-electron chi connectivity index (χ0n) is 16.5. The molecule has 0 atom stereocenters. The van der Waals surface area contributed by atoms with E-state index in [1.165, 1.54) is 0 Å². The van der Waals surface area contributed by atoms with Gasteiger partial charge in [-0.15, -0.1) is 0 Å². The molecule has 2 aromatic heterocycles. The number of hydrogen-bond acceptors (Lipinski definition) is 4. The van der Waals surface area contributed by atoms with Crippen LogP contribution in [0.25, 0.3) is 16.8 Å². The fraction of sp³-hybridized carbons (Fsp3) is 0.0870. The Balaban J connectivity index is 1.73. The van der Waals surface area contributed by atoms with Gasteiger partial charge in [-0.3, -0.25) is 9.12 Å². The summed E-state index contributed by atoms with van der Waals surface area (Å²) in [6.45, 7) is 0. The molecule has 2 aromatic carbocycles. The summed E-state index contributed by atoms with van der Waals surface area (Å²) in [5.41, 5.74) is 4.62. The Morgan fingerprint density at radius 1 is 0.967 bits per heavy atom. The number of pyridine rings is 1. The number of hydrogen-bond donors (Lipinski definition) is 1. The molecule has 150 valence electrons. The van der Waals surface area contributed by atoms with Gasteiger partial charge in [-0.25, -0.2) is 13.4 Å². The van der Waals surface area contributed by atoms with Crippen molar-refractivity contribution in [1.29, 1.82) is 0 Å². The molecule has 0 unspecified atom stereocenters. The topological polar surface area (TPSA) is 72.7 Å². The second kappa shape index (κ2) is 7.93. The van der Waals surface area contributed by atoms with Gasteiger partial charge >= 0.3 is 0 Å². The Kier molecular flexibility index (Phi) is 5.17. The number of imidazole rings is 1. The predicted octanol–water partition coefficient (Wildman–Crippen LogP) is 3.78. The molecule has 0 spiro atoms. The Hall–Kier alpha value is -3.76. The van der Waals surface area contributed by atoms with E-state index in [1.54, 1.807) is 31.5 Å². The van der Waals surface area contributed by atoms with E-state index >= 15 is 0 Å². The maximum absolute atomic E-state index is 11.4. The molecule has 0 aliphatic carbocycles. The number of benzene rings is 2. The summed E-state index contributed by atoms with van der Waals surface area (Å²) in [6, 6.07) is 20.9. The van der Waals surface area contributed by atoms with E-state index in [-0.39, 0.29) is 0 Å². The van der Waals surface area contributed by atoms with Gasteiger partial charge in [0.25, 0.3) is 0 Å². The van der Waals surface area contributed by atoms with Crippen molar-refractivity contribution in [3.05, 3.63) is 84.2 Å². The largest absolute Gasteiger partial charge is 0.482 e. The Morgan fingerprint density at radius 2 is 1.77 bits per heavy atom. The van der Waals surface area contributed by atoms with E-state index in [4.69, 9.17) is 4.74 Å². The molecular weight excluding hydrogens is 398 g/mol. The third-order valence-corrected chi connectivity index (χ3v) is 5.00. The highest BCUT2D eigenvalue weighted by Gasteiger charge is 2.10. The van der Waals surface area contributed by atoms with E-state index in [9.17, 15) is 8.42 Å². The van der Waals surface area contributed by atoms with Gasteiger partial charge in [0.15, 0.2) is 0 Å². The zero-order chi connectivity index (χ0) is 21.1. The molecular formula is C23H19N3O3S. The number of aromatic nitrogens is 2. The summed E-state index contributed by atoms with van der Waals surface area (Å²) >= 11 is 0. The first-order valence-electron chi connectivity index (χ1n) is 9.14. The second-order valence-corrected chi connectivity index (χ2v) is 8.44.